The molecule has 0 aliphatic rings. The largest absolute Gasteiger partial charge is 0.496 e. The van der Waals surface area contributed by atoms with E-state index in [4.69, 9.17) is 25.8 Å². The van der Waals surface area contributed by atoms with Gasteiger partial charge in [0, 0.05) is 22.8 Å². The zero-order valence-electron chi connectivity index (χ0n) is 16.8. The summed E-state index contributed by atoms with van der Waals surface area (Å²) in [6.45, 7) is 0.524. The van der Waals surface area contributed by atoms with Crippen molar-refractivity contribution in [2.24, 2.45) is 5.10 Å². The highest BCUT2D eigenvalue weighted by Gasteiger charge is 2.12. The Morgan fingerprint density at radius 2 is 1.73 bits per heavy atom. The van der Waals surface area contributed by atoms with Gasteiger partial charge in [0.15, 0.2) is 17.2 Å². The lowest BCUT2D eigenvalue weighted by Gasteiger charge is -2.11. The molecule has 2 aromatic carbocycles. The first-order valence-corrected chi connectivity index (χ1v) is 9.33. The number of hydrogen-bond donors (Lipinski definition) is 1. The first-order chi connectivity index (χ1) is 14.5. The fourth-order valence-corrected chi connectivity index (χ4v) is 2.85. The Morgan fingerprint density at radius 3 is 2.40 bits per heavy atom. The van der Waals surface area contributed by atoms with Gasteiger partial charge in [-0.05, 0) is 29.8 Å². The van der Waals surface area contributed by atoms with Crippen LogP contribution in [0.2, 0.25) is 5.02 Å². The van der Waals surface area contributed by atoms with E-state index in [0.717, 1.165) is 5.56 Å². The number of hydrogen-bond acceptors (Lipinski definition) is 6. The molecule has 3 rings (SSSR count). The molecule has 0 atom stereocenters. The van der Waals surface area contributed by atoms with Crippen LogP contribution in [0.3, 0.4) is 0 Å². The second-order valence-corrected chi connectivity index (χ2v) is 6.61. The molecule has 8 nitrogen and oxygen atoms in total. The zero-order valence-corrected chi connectivity index (χ0v) is 17.5. The van der Waals surface area contributed by atoms with Crippen molar-refractivity contribution in [3.63, 3.8) is 0 Å². The van der Waals surface area contributed by atoms with Gasteiger partial charge in [-0.15, -0.1) is 0 Å². The summed E-state index contributed by atoms with van der Waals surface area (Å²) in [4.78, 5) is 12.3. The summed E-state index contributed by atoms with van der Waals surface area (Å²) in [5.74, 6) is 1.15. The van der Waals surface area contributed by atoms with Crippen LogP contribution in [-0.2, 0) is 6.54 Å². The van der Waals surface area contributed by atoms with Crippen molar-refractivity contribution >= 4 is 23.7 Å². The van der Waals surface area contributed by atoms with Gasteiger partial charge in [0.2, 0.25) is 0 Å². The Kier molecular flexibility index (Phi) is 6.92. The number of hydrazone groups is 1. The molecular formula is C21H21ClN4O4. The highest BCUT2D eigenvalue weighted by atomic mass is 35.5. The Morgan fingerprint density at radius 1 is 1.07 bits per heavy atom. The summed E-state index contributed by atoms with van der Waals surface area (Å²) < 4.78 is 17.5. The molecule has 0 fully saturated rings. The van der Waals surface area contributed by atoms with E-state index in [9.17, 15) is 4.79 Å². The molecule has 156 valence electrons. The maximum Gasteiger partial charge on any atom is 0.291 e. The van der Waals surface area contributed by atoms with Gasteiger partial charge in [0.05, 0.1) is 34.1 Å². The molecule has 30 heavy (non-hydrogen) atoms. The molecule has 0 aliphatic carbocycles. The summed E-state index contributed by atoms with van der Waals surface area (Å²) in [5.41, 5.74) is 4.35. The maximum atomic E-state index is 12.3. The van der Waals surface area contributed by atoms with Gasteiger partial charge >= 0.3 is 0 Å². The lowest BCUT2D eigenvalue weighted by molar-refractivity contribution is 0.0949. The monoisotopic (exact) mass is 428 g/mol. The molecule has 0 spiro atoms. The van der Waals surface area contributed by atoms with Crippen molar-refractivity contribution in [3.05, 3.63) is 70.5 Å². The van der Waals surface area contributed by atoms with E-state index in [0.29, 0.717) is 34.4 Å². The minimum atomic E-state index is -0.430. The predicted molar refractivity (Wildman–Crippen MR) is 114 cm³/mol. The number of amides is 1. The van der Waals surface area contributed by atoms with Crippen LogP contribution in [0.15, 0.2) is 53.8 Å². The van der Waals surface area contributed by atoms with E-state index in [-0.39, 0.29) is 5.69 Å². The Hall–Kier alpha value is -3.52. The number of ether oxygens (including phenoxy) is 3. The Labute approximate surface area is 179 Å². The smallest absolute Gasteiger partial charge is 0.291 e. The Balaban J connectivity index is 1.66. The summed E-state index contributed by atoms with van der Waals surface area (Å²) in [6, 6.07) is 12.4. The third-order valence-corrected chi connectivity index (χ3v) is 4.49. The minimum Gasteiger partial charge on any atom is -0.496 e. The number of nitrogens with one attached hydrogen (secondary N) is 1. The van der Waals surface area contributed by atoms with Crippen molar-refractivity contribution in [2.45, 2.75) is 6.54 Å². The van der Waals surface area contributed by atoms with Crippen LogP contribution in [0.4, 0.5) is 0 Å². The molecule has 1 amide bonds. The molecule has 3 aromatic rings. The van der Waals surface area contributed by atoms with E-state index in [1.807, 2.05) is 24.3 Å². The first-order valence-electron chi connectivity index (χ1n) is 8.95. The number of methoxy groups -OCH3 is 3. The maximum absolute atomic E-state index is 12.3. The van der Waals surface area contributed by atoms with Crippen molar-refractivity contribution in [1.82, 2.24) is 15.2 Å². The number of benzene rings is 2. The number of rotatable bonds is 8. The highest BCUT2D eigenvalue weighted by Crippen LogP contribution is 2.33. The van der Waals surface area contributed by atoms with Crippen LogP contribution < -0.4 is 19.6 Å². The topological polar surface area (TPSA) is 87.0 Å². The fourth-order valence-electron chi connectivity index (χ4n) is 2.72. The SMILES string of the molecule is COc1cc(OC)c(OC)cc1/C=N\NC(=O)c1ccn(Cc2ccc(Cl)cc2)n1. The second-order valence-electron chi connectivity index (χ2n) is 6.17. The summed E-state index contributed by atoms with van der Waals surface area (Å²) in [5, 5.41) is 8.94. The average Bonchev–Trinajstić information content (AvgIpc) is 3.23. The highest BCUT2D eigenvalue weighted by molar-refractivity contribution is 6.30. The van der Waals surface area contributed by atoms with Gasteiger partial charge in [0.25, 0.3) is 5.91 Å². The van der Waals surface area contributed by atoms with Crippen molar-refractivity contribution in [1.29, 1.82) is 0 Å². The Bertz CT molecular complexity index is 1050. The van der Waals surface area contributed by atoms with E-state index >= 15 is 0 Å². The number of aromatic nitrogens is 2. The standard InChI is InChI=1S/C21H21ClN4O4/c1-28-18-11-20(30-3)19(29-2)10-15(18)12-23-24-21(27)17-8-9-26(25-17)13-14-4-6-16(22)7-5-14/h4-12H,13H2,1-3H3,(H,24,27)/b23-12-. The molecule has 0 aliphatic heterocycles. The molecule has 0 bridgehead atoms. The number of halogens is 1. The molecule has 1 heterocycles. The van der Waals surface area contributed by atoms with E-state index < -0.39 is 5.91 Å². The lowest BCUT2D eigenvalue weighted by Crippen LogP contribution is -2.18. The number of nitrogens with zero attached hydrogens (tertiary/aromatic N) is 3. The van der Waals surface area contributed by atoms with Gasteiger partial charge in [-0.2, -0.15) is 10.2 Å². The molecular weight excluding hydrogens is 408 g/mol. The average molecular weight is 429 g/mol. The van der Waals surface area contributed by atoms with Crippen LogP contribution in [0.1, 0.15) is 21.6 Å². The van der Waals surface area contributed by atoms with Crippen LogP contribution in [0, 0.1) is 0 Å². The number of carbonyl (C=O) groups is 1. The summed E-state index contributed by atoms with van der Waals surface area (Å²) >= 11 is 5.89. The predicted octanol–water partition coefficient (Wildman–Crippen LogP) is 3.37. The fraction of sp³-hybridized carbons (Fsp3) is 0.190. The summed E-state index contributed by atoms with van der Waals surface area (Å²) in [6.07, 6.45) is 3.19. The van der Waals surface area contributed by atoms with Gasteiger partial charge in [-0.1, -0.05) is 23.7 Å². The van der Waals surface area contributed by atoms with E-state index in [1.54, 1.807) is 29.1 Å². The van der Waals surface area contributed by atoms with Crippen LogP contribution >= 0.6 is 11.6 Å². The molecule has 1 N–H and O–H groups in total. The molecule has 1 aromatic heterocycles. The molecule has 0 radical (unpaired) electrons. The van der Waals surface area contributed by atoms with Crippen molar-refractivity contribution in [3.8, 4) is 17.2 Å². The first kappa shape index (κ1) is 21.2. The van der Waals surface area contributed by atoms with Gasteiger partial charge in [-0.25, -0.2) is 5.43 Å². The third kappa shape index (κ3) is 5.09. The van der Waals surface area contributed by atoms with Crippen molar-refractivity contribution in [2.75, 3.05) is 21.3 Å². The quantitative estimate of drug-likeness (QED) is 0.439. The molecule has 0 unspecified atom stereocenters. The van der Waals surface area contributed by atoms with Gasteiger partial charge < -0.3 is 14.2 Å². The van der Waals surface area contributed by atoms with Gasteiger partial charge in [-0.3, -0.25) is 9.48 Å². The van der Waals surface area contributed by atoms with Crippen LogP contribution in [-0.4, -0.2) is 43.2 Å². The van der Waals surface area contributed by atoms with Crippen molar-refractivity contribution < 1.29 is 19.0 Å². The minimum absolute atomic E-state index is 0.250. The zero-order chi connectivity index (χ0) is 21.5. The van der Waals surface area contributed by atoms with E-state index in [2.05, 4.69) is 15.6 Å². The van der Waals surface area contributed by atoms with Crippen LogP contribution in [0.25, 0.3) is 0 Å². The lowest BCUT2D eigenvalue weighted by atomic mass is 10.2. The molecule has 9 heteroatoms. The van der Waals surface area contributed by atoms with E-state index in [1.165, 1.54) is 27.5 Å². The summed E-state index contributed by atoms with van der Waals surface area (Å²) in [7, 11) is 4.61. The third-order valence-electron chi connectivity index (χ3n) is 4.24. The second kappa shape index (κ2) is 9.80. The number of carbonyl (C=O) groups excluding carboxylic acids is 1. The molecule has 0 saturated carbocycles. The van der Waals surface area contributed by atoms with Crippen LogP contribution in [0.5, 0.6) is 17.2 Å². The van der Waals surface area contributed by atoms with Gasteiger partial charge in [0.1, 0.15) is 5.75 Å². The molecule has 0 saturated heterocycles. The normalized spacial score (nSPS) is 10.8.